The van der Waals surface area contributed by atoms with Crippen molar-refractivity contribution in [1.82, 2.24) is 9.97 Å². The summed E-state index contributed by atoms with van der Waals surface area (Å²) in [5.41, 5.74) is 1.01. The summed E-state index contributed by atoms with van der Waals surface area (Å²) >= 11 is 1.06. The van der Waals surface area contributed by atoms with Gasteiger partial charge in [0.15, 0.2) is 16.7 Å². The molecule has 2 N–H and O–H groups in total. The van der Waals surface area contributed by atoms with Crippen LogP contribution in [0.1, 0.15) is 32.1 Å². The lowest BCUT2D eigenvalue weighted by Crippen LogP contribution is -2.28. The Balaban J connectivity index is 1.80. The van der Waals surface area contributed by atoms with Crippen LogP contribution >= 0.6 is 11.3 Å². The number of aromatic nitrogens is 2. The summed E-state index contributed by atoms with van der Waals surface area (Å²) in [6, 6.07) is 3.35. The predicted molar refractivity (Wildman–Crippen MR) is 92.4 cm³/mol. The standard InChI is InChI=1S/C16H16N4O4S/c1-17-11-6-3-8(7-18-11)12(21)9-4-5-10-14(13(9)22)25-15(19-10)20-16(23)24-2/h3,6-7,9H,4-5H2,1-2H3,(H,17,18)(H,19,20,23). The molecule has 1 aliphatic rings. The summed E-state index contributed by atoms with van der Waals surface area (Å²) in [7, 11) is 2.98. The first kappa shape index (κ1) is 17.0. The van der Waals surface area contributed by atoms with Gasteiger partial charge in [0.05, 0.1) is 23.6 Å². The van der Waals surface area contributed by atoms with Gasteiger partial charge >= 0.3 is 6.09 Å². The number of fused-ring (bicyclic) bond motifs is 1. The summed E-state index contributed by atoms with van der Waals surface area (Å²) in [6.07, 6.45) is 1.70. The summed E-state index contributed by atoms with van der Waals surface area (Å²) in [5, 5.41) is 5.62. The molecule has 0 spiro atoms. The van der Waals surface area contributed by atoms with Crippen LogP contribution in [-0.4, -0.2) is 41.8 Å². The molecule has 25 heavy (non-hydrogen) atoms. The number of rotatable bonds is 4. The predicted octanol–water partition coefficient (Wildman–Crippen LogP) is 2.39. The number of anilines is 2. The molecule has 2 heterocycles. The van der Waals surface area contributed by atoms with Gasteiger partial charge in [0.2, 0.25) is 0 Å². The van der Waals surface area contributed by atoms with Gasteiger partial charge < -0.3 is 10.1 Å². The van der Waals surface area contributed by atoms with Gasteiger partial charge in [0, 0.05) is 18.8 Å². The number of ketones is 2. The van der Waals surface area contributed by atoms with Crippen LogP contribution in [0.15, 0.2) is 18.3 Å². The van der Waals surface area contributed by atoms with E-state index >= 15 is 0 Å². The molecular weight excluding hydrogens is 344 g/mol. The Labute approximate surface area is 147 Å². The lowest BCUT2D eigenvalue weighted by molar-refractivity contribution is 0.0792. The molecule has 8 nitrogen and oxygen atoms in total. The van der Waals surface area contributed by atoms with Crippen LogP contribution in [0.2, 0.25) is 0 Å². The molecule has 2 aromatic rings. The fourth-order valence-corrected chi connectivity index (χ4v) is 3.61. The van der Waals surface area contributed by atoms with Crippen LogP contribution in [0.3, 0.4) is 0 Å². The first-order chi connectivity index (χ1) is 12.0. The van der Waals surface area contributed by atoms with Crippen LogP contribution in [0, 0.1) is 5.92 Å². The summed E-state index contributed by atoms with van der Waals surface area (Å²) in [5.74, 6) is -0.614. The average Bonchev–Trinajstić information content (AvgIpc) is 3.05. The lowest BCUT2D eigenvalue weighted by Gasteiger charge is -2.18. The highest BCUT2D eigenvalue weighted by atomic mass is 32.1. The third-order valence-electron chi connectivity index (χ3n) is 3.92. The monoisotopic (exact) mass is 360 g/mol. The number of methoxy groups -OCH3 is 1. The molecule has 3 rings (SSSR count). The Kier molecular flexibility index (Phi) is 4.75. The maximum atomic E-state index is 12.7. The number of hydrogen-bond donors (Lipinski definition) is 2. The van der Waals surface area contributed by atoms with Gasteiger partial charge in [0.1, 0.15) is 5.82 Å². The zero-order valence-electron chi connectivity index (χ0n) is 13.7. The van der Waals surface area contributed by atoms with Crippen LogP contribution in [0.25, 0.3) is 0 Å². The number of pyridine rings is 1. The summed E-state index contributed by atoms with van der Waals surface area (Å²) < 4.78 is 4.51. The number of carbonyl (C=O) groups excluding carboxylic acids is 3. The second-order valence-electron chi connectivity index (χ2n) is 5.41. The van der Waals surface area contributed by atoms with E-state index in [1.165, 1.54) is 13.3 Å². The van der Waals surface area contributed by atoms with Crippen molar-refractivity contribution in [3.05, 3.63) is 34.5 Å². The Morgan fingerprint density at radius 2 is 2.16 bits per heavy atom. The number of carbonyl (C=O) groups is 3. The molecule has 0 fully saturated rings. The molecule has 1 unspecified atom stereocenters. The van der Waals surface area contributed by atoms with Crippen molar-refractivity contribution in [3.63, 3.8) is 0 Å². The Morgan fingerprint density at radius 1 is 1.36 bits per heavy atom. The number of ether oxygens (including phenoxy) is 1. The van der Waals surface area contributed by atoms with E-state index in [1.807, 2.05) is 0 Å². The van der Waals surface area contributed by atoms with Crippen molar-refractivity contribution in [2.45, 2.75) is 12.8 Å². The van der Waals surface area contributed by atoms with Gasteiger partial charge in [-0.1, -0.05) is 11.3 Å². The highest BCUT2D eigenvalue weighted by Crippen LogP contribution is 2.33. The number of thiazole rings is 1. The van der Waals surface area contributed by atoms with Gasteiger partial charge in [-0.25, -0.2) is 14.8 Å². The molecular formula is C16H16N4O4S. The quantitative estimate of drug-likeness (QED) is 0.636. The summed E-state index contributed by atoms with van der Waals surface area (Å²) in [6.45, 7) is 0. The topological polar surface area (TPSA) is 110 Å². The molecule has 1 amide bonds. The molecule has 0 radical (unpaired) electrons. The second kappa shape index (κ2) is 6.98. The average molecular weight is 360 g/mol. The van der Waals surface area contributed by atoms with Crippen LogP contribution in [-0.2, 0) is 11.2 Å². The fraction of sp³-hybridized carbons (Fsp3) is 0.312. The SMILES string of the molecule is CNc1ccc(C(=O)C2CCc3nc(NC(=O)OC)sc3C2=O)cn1. The number of nitrogens with one attached hydrogen (secondary N) is 2. The molecule has 0 bridgehead atoms. The Morgan fingerprint density at radius 3 is 2.80 bits per heavy atom. The van der Waals surface area contributed by atoms with Gasteiger partial charge in [0.25, 0.3) is 0 Å². The van der Waals surface area contributed by atoms with Gasteiger partial charge in [-0.3, -0.25) is 14.9 Å². The van der Waals surface area contributed by atoms with Crippen molar-refractivity contribution in [2.24, 2.45) is 5.92 Å². The molecule has 0 saturated carbocycles. The minimum Gasteiger partial charge on any atom is -0.453 e. The van der Waals surface area contributed by atoms with Gasteiger partial charge in [-0.2, -0.15) is 0 Å². The second-order valence-corrected chi connectivity index (χ2v) is 6.41. The zero-order valence-corrected chi connectivity index (χ0v) is 14.5. The van der Waals surface area contributed by atoms with Crippen LogP contribution in [0.4, 0.5) is 15.7 Å². The number of amides is 1. The van der Waals surface area contributed by atoms with E-state index < -0.39 is 12.0 Å². The lowest BCUT2D eigenvalue weighted by atomic mass is 9.84. The van der Waals surface area contributed by atoms with E-state index in [0.29, 0.717) is 39.9 Å². The van der Waals surface area contributed by atoms with Gasteiger partial charge in [-0.05, 0) is 25.0 Å². The van der Waals surface area contributed by atoms with E-state index in [4.69, 9.17) is 0 Å². The van der Waals surface area contributed by atoms with E-state index in [1.54, 1.807) is 19.2 Å². The van der Waals surface area contributed by atoms with Crippen molar-refractivity contribution in [3.8, 4) is 0 Å². The highest BCUT2D eigenvalue weighted by molar-refractivity contribution is 7.17. The maximum absolute atomic E-state index is 12.7. The molecule has 2 aromatic heterocycles. The highest BCUT2D eigenvalue weighted by Gasteiger charge is 2.36. The third-order valence-corrected chi connectivity index (χ3v) is 4.95. The van der Waals surface area contributed by atoms with E-state index in [-0.39, 0.29) is 11.6 Å². The van der Waals surface area contributed by atoms with Crippen molar-refractivity contribution >= 4 is 39.9 Å². The molecule has 0 aliphatic heterocycles. The number of Topliss-reactive ketones (excluding diaryl/α,β-unsaturated/α-hetero) is 2. The van der Waals surface area contributed by atoms with Gasteiger partial charge in [-0.15, -0.1) is 0 Å². The van der Waals surface area contributed by atoms with Crippen LogP contribution < -0.4 is 10.6 Å². The van der Waals surface area contributed by atoms with Crippen LogP contribution in [0.5, 0.6) is 0 Å². The number of aryl methyl sites for hydroxylation is 1. The molecule has 130 valence electrons. The third kappa shape index (κ3) is 3.36. The fourth-order valence-electron chi connectivity index (χ4n) is 2.61. The smallest absolute Gasteiger partial charge is 0.413 e. The van der Waals surface area contributed by atoms with E-state index in [9.17, 15) is 14.4 Å². The van der Waals surface area contributed by atoms with Crippen molar-refractivity contribution in [2.75, 3.05) is 24.8 Å². The normalized spacial score (nSPS) is 16.1. The van der Waals surface area contributed by atoms with Crippen molar-refractivity contribution in [1.29, 1.82) is 0 Å². The molecule has 1 atom stereocenters. The zero-order chi connectivity index (χ0) is 18.0. The molecule has 0 aromatic carbocycles. The Hall–Kier alpha value is -2.81. The minimum atomic E-state index is -0.749. The number of nitrogens with zero attached hydrogens (tertiary/aromatic N) is 2. The summed E-state index contributed by atoms with van der Waals surface area (Å²) in [4.78, 5) is 45.4. The molecule has 0 saturated heterocycles. The number of hydrogen-bond acceptors (Lipinski definition) is 8. The first-order valence-corrected chi connectivity index (χ1v) is 8.42. The maximum Gasteiger partial charge on any atom is 0.413 e. The molecule has 1 aliphatic carbocycles. The Bertz CT molecular complexity index is 831. The first-order valence-electron chi connectivity index (χ1n) is 7.60. The largest absolute Gasteiger partial charge is 0.453 e. The molecule has 9 heteroatoms. The minimum absolute atomic E-state index is 0.248. The van der Waals surface area contributed by atoms with E-state index in [2.05, 4.69) is 25.3 Å². The van der Waals surface area contributed by atoms with E-state index in [0.717, 1.165) is 11.3 Å². The van der Waals surface area contributed by atoms with Crippen molar-refractivity contribution < 1.29 is 19.1 Å².